The first-order chi connectivity index (χ1) is 9.26. The molecule has 1 N–H and O–H groups in total. The summed E-state index contributed by atoms with van der Waals surface area (Å²) in [6.45, 7) is 0. The van der Waals surface area contributed by atoms with Crippen molar-refractivity contribution in [1.82, 2.24) is 15.4 Å². The van der Waals surface area contributed by atoms with Crippen molar-refractivity contribution in [2.45, 2.75) is 0 Å². The third kappa shape index (κ3) is 2.04. The van der Waals surface area contributed by atoms with Crippen LogP contribution < -0.4 is 14.2 Å². The van der Waals surface area contributed by atoms with Crippen molar-refractivity contribution in [3.63, 3.8) is 0 Å². The lowest BCUT2D eigenvalue weighted by molar-refractivity contribution is 0.325. The highest BCUT2D eigenvalue weighted by molar-refractivity contribution is 5.76. The van der Waals surface area contributed by atoms with Gasteiger partial charge in [-0.05, 0) is 12.1 Å². The molecule has 0 aliphatic carbocycles. The molecule has 1 aromatic carbocycles. The highest BCUT2D eigenvalue weighted by Gasteiger charge is 2.21. The zero-order valence-electron chi connectivity index (χ0n) is 10.7. The first kappa shape index (κ1) is 12.7. The molecular formula is C12H12N4O3. The number of methoxy groups -OCH3 is 3. The maximum absolute atomic E-state index is 8.99. The Labute approximate surface area is 109 Å². The Morgan fingerprint density at radius 2 is 1.79 bits per heavy atom. The SMILES string of the molecule is COc1ccc(-c2n[nH]nc2C#N)c(OC)c1OC. The standard InChI is InChI=1S/C12H12N4O3/c1-17-9-5-4-7(11(18-2)12(9)19-3)10-8(6-13)14-16-15-10/h4-5H,1-3H3,(H,14,15,16). The molecule has 0 spiro atoms. The number of benzene rings is 1. The lowest BCUT2D eigenvalue weighted by atomic mass is 10.1. The fourth-order valence-electron chi connectivity index (χ4n) is 1.78. The molecular weight excluding hydrogens is 248 g/mol. The van der Waals surface area contributed by atoms with Crippen LogP contribution in [0.15, 0.2) is 12.1 Å². The van der Waals surface area contributed by atoms with Gasteiger partial charge in [0.2, 0.25) is 5.75 Å². The minimum Gasteiger partial charge on any atom is -0.493 e. The summed E-state index contributed by atoms with van der Waals surface area (Å²) in [5.74, 6) is 1.41. The fraction of sp³-hybridized carbons (Fsp3) is 0.250. The van der Waals surface area contributed by atoms with Crippen LogP contribution in [0.4, 0.5) is 0 Å². The molecule has 0 atom stereocenters. The molecule has 0 aliphatic rings. The first-order valence-corrected chi connectivity index (χ1v) is 5.37. The van der Waals surface area contributed by atoms with Gasteiger partial charge in [0.05, 0.1) is 26.9 Å². The molecule has 0 radical (unpaired) electrons. The van der Waals surface area contributed by atoms with E-state index in [1.807, 2.05) is 6.07 Å². The van der Waals surface area contributed by atoms with Gasteiger partial charge in [-0.15, -0.1) is 5.10 Å². The Kier molecular flexibility index (Phi) is 3.52. The Bertz CT molecular complexity index is 630. The van der Waals surface area contributed by atoms with Crippen LogP contribution in [-0.4, -0.2) is 36.7 Å². The topological polar surface area (TPSA) is 93.1 Å². The van der Waals surface area contributed by atoms with Crippen LogP contribution in [0.2, 0.25) is 0 Å². The van der Waals surface area contributed by atoms with Crippen molar-refractivity contribution in [1.29, 1.82) is 5.26 Å². The van der Waals surface area contributed by atoms with Gasteiger partial charge in [0.15, 0.2) is 17.2 Å². The van der Waals surface area contributed by atoms with Crippen LogP contribution in [0.1, 0.15) is 5.69 Å². The zero-order valence-corrected chi connectivity index (χ0v) is 10.7. The molecule has 0 saturated heterocycles. The van der Waals surface area contributed by atoms with E-state index in [-0.39, 0.29) is 5.69 Å². The van der Waals surface area contributed by atoms with E-state index in [4.69, 9.17) is 19.5 Å². The van der Waals surface area contributed by atoms with Crippen LogP contribution in [0.25, 0.3) is 11.3 Å². The third-order valence-corrected chi connectivity index (χ3v) is 2.61. The summed E-state index contributed by atoms with van der Waals surface area (Å²) in [6.07, 6.45) is 0. The number of nitriles is 1. The molecule has 2 rings (SSSR count). The maximum Gasteiger partial charge on any atom is 0.203 e. The lowest BCUT2D eigenvalue weighted by Gasteiger charge is -2.14. The van der Waals surface area contributed by atoms with Crippen LogP contribution in [-0.2, 0) is 0 Å². The van der Waals surface area contributed by atoms with Gasteiger partial charge >= 0.3 is 0 Å². The summed E-state index contributed by atoms with van der Waals surface area (Å²) in [5.41, 5.74) is 1.19. The Morgan fingerprint density at radius 1 is 1.05 bits per heavy atom. The average Bonchev–Trinajstić information content (AvgIpc) is 2.93. The first-order valence-electron chi connectivity index (χ1n) is 5.37. The van der Waals surface area contributed by atoms with Crippen molar-refractivity contribution in [2.75, 3.05) is 21.3 Å². The summed E-state index contributed by atoms with van der Waals surface area (Å²) in [5, 5.41) is 19.1. The number of nitrogens with zero attached hydrogens (tertiary/aromatic N) is 3. The minimum atomic E-state index is 0.186. The summed E-state index contributed by atoms with van der Waals surface area (Å²) in [7, 11) is 4.55. The molecule has 2 aromatic rings. The second kappa shape index (κ2) is 5.27. The van der Waals surface area contributed by atoms with E-state index in [2.05, 4.69) is 15.4 Å². The normalized spacial score (nSPS) is 9.79. The second-order valence-corrected chi connectivity index (χ2v) is 3.51. The Hall–Kier alpha value is -2.75. The minimum absolute atomic E-state index is 0.186. The molecule has 0 bridgehead atoms. The molecule has 98 valence electrons. The monoisotopic (exact) mass is 260 g/mol. The van der Waals surface area contributed by atoms with Crippen molar-refractivity contribution < 1.29 is 14.2 Å². The van der Waals surface area contributed by atoms with Crippen molar-refractivity contribution in [3.05, 3.63) is 17.8 Å². The van der Waals surface area contributed by atoms with Gasteiger partial charge in [0.25, 0.3) is 0 Å². The lowest BCUT2D eigenvalue weighted by Crippen LogP contribution is -1.97. The molecule has 1 aromatic heterocycles. The Balaban J connectivity index is 2.68. The van der Waals surface area contributed by atoms with E-state index in [9.17, 15) is 0 Å². The Morgan fingerprint density at radius 3 is 2.37 bits per heavy atom. The zero-order chi connectivity index (χ0) is 13.8. The van der Waals surface area contributed by atoms with E-state index in [0.717, 1.165) is 0 Å². The van der Waals surface area contributed by atoms with E-state index < -0.39 is 0 Å². The quantitative estimate of drug-likeness (QED) is 0.892. The van der Waals surface area contributed by atoms with E-state index in [0.29, 0.717) is 28.5 Å². The number of nitrogens with one attached hydrogen (secondary N) is 1. The van der Waals surface area contributed by atoms with Crippen molar-refractivity contribution in [2.24, 2.45) is 0 Å². The summed E-state index contributed by atoms with van der Waals surface area (Å²) in [6, 6.07) is 5.41. The molecule has 19 heavy (non-hydrogen) atoms. The van der Waals surface area contributed by atoms with E-state index >= 15 is 0 Å². The van der Waals surface area contributed by atoms with Crippen LogP contribution in [0.3, 0.4) is 0 Å². The number of rotatable bonds is 4. The molecule has 0 fully saturated rings. The molecule has 7 heteroatoms. The van der Waals surface area contributed by atoms with Gasteiger partial charge in [-0.2, -0.15) is 15.6 Å². The molecule has 0 amide bonds. The van der Waals surface area contributed by atoms with Gasteiger partial charge in [0, 0.05) is 0 Å². The number of hydrogen-bond donors (Lipinski definition) is 1. The number of ether oxygens (including phenoxy) is 3. The van der Waals surface area contributed by atoms with Crippen LogP contribution in [0.5, 0.6) is 17.2 Å². The van der Waals surface area contributed by atoms with Crippen LogP contribution in [0, 0.1) is 11.3 Å². The summed E-state index contributed by atoms with van der Waals surface area (Å²) < 4.78 is 15.8. The van der Waals surface area contributed by atoms with Crippen LogP contribution >= 0.6 is 0 Å². The van der Waals surface area contributed by atoms with Gasteiger partial charge in [-0.1, -0.05) is 0 Å². The van der Waals surface area contributed by atoms with E-state index in [1.165, 1.54) is 21.3 Å². The smallest absolute Gasteiger partial charge is 0.203 e. The van der Waals surface area contributed by atoms with Gasteiger partial charge in [0.1, 0.15) is 11.8 Å². The average molecular weight is 260 g/mol. The highest BCUT2D eigenvalue weighted by atomic mass is 16.5. The third-order valence-electron chi connectivity index (χ3n) is 2.61. The van der Waals surface area contributed by atoms with E-state index in [1.54, 1.807) is 12.1 Å². The number of H-pyrrole nitrogens is 1. The molecule has 0 saturated carbocycles. The maximum atomic E-state index is 8.99. The number of hydrogen-bond acceptors (Lipinski definition) is 6. The molecule has 7 nitrogen and oxygen atoms in total. The largest absolute Gasteiger partial charge is 0.493 e. The molecule has 1 heterocycles. The van der Waals surface area contributed by atoms with Gasteiger partial charge in [-0.3, -0.25) is 0 Å². The highest BCUT2D eigenvalue weighted by Crippen LogP contribution is 2.44. The predicted octanol–water partition coefficient (Wildman–Crippen LogP) is 1.37. The van der Waals surface area contributed by atoms with Crippen molar-refractivity contribution in [3.8, 4) is 34.6 Å². The summed E-state index contributed by atoms with van der Waals surface area (Å²) >= 11 is 0. The summed E-state index contributed by atoms with van der Waals surface area (Å²) in [4.78, 5) is 0. The fourth-order valence-corrected chi connectivity index (χ4v) is 1.78. The number of aromatic amines is 1. The second-order valence-electron chi connectivity index (χ2n) is 3.51. The van der Waals surface area contributed by atoms with Gasteiger partial charge in [-0.25, -0.2) is 0 Å². The predicted molar refractivity (Wildman–Crippen MR) is 66.2 cm³/mol. The molecule has 0 unspecified atom stereocenters. The van der Waals surface area contributed by atoms with Gasteiger partial charge < -0.3 is 14.2 Å². The number of aromatic nitrogens is 3. The van der Waals surface area contributed by atoms with Crippen molar-refractivity contribution >= 4 is 0 Å². The molecule has 0 aliphatic heterocycles.